The van der Waals surface area contributed by atoms with Crippen LogP contribution in [-0.4, -0.2) is 39.5 Å². The Morgan fingerprint density at radius 3 is 2.13 bits per heavy atom. The highest BCUT2D eigenvalue weighted by molar-refractivity contribution is 6.89. The van der Waals surface area contributed by atoms with Gasteiger partial charge in [0.1, 0.15) is 16.5 Å². The molecule has 1 aliphatic heterocycles. The van der Waals surface area contributed by atoms with Crippen molar-refractivity contribution in [1.29, 1.82) is 0 Å². The monoisotopic (exact) mass is 443 g/mol. The molecule has 4 fully saturated rings. The molecule has 30 heavy (non-hydrogen) atoms. The van der Waals surface area contributed by atoms with Crippen LogP contribution in [0, 0.1) is 17.3 Å². The van der Waals surface area contributed by atoms with E-state index in [2.05, 4.69) is 94.6 Å². The van der Waals surface area contributed by atoms with Gasteiger partial charge in [0.05, 0.1) is 11.7 Å². The summed E-state index contributed by atoms with van der Waals surface area (Å²) < 4.78 is 16.4. The van der Waals surface area contributed by atoms with Crippen LogP contribution in [0.4, 0.5) is 0 Å². The molecule has 0 amide bonds. The van der Waals surface area contributed by atoms with Crippen LogP contribution in [0.1, 0.15) is 45.2 Å². The van der Waals surface area contributed by atoms with Crippen molar-refractivity contribution in [1.82, 2.24) is 4.23 Å². The maximum atomic E-state index is 6.85. The molecule has 1 heterocycles. The van der Waals surface area contributed by atoms with Crippen molar-refractivity contribution >= 4 is 23.6 Å². The van der Waals surface area contributed by atoms with Crippen LogP contribution in [0.25, 0.3) is 0 Å². The molecule has 3 saturated carbocycles. The summed E-state index contributed by atoms with van der Waals surface area (Å²) in [6.07, 6.45) is 3.68. The highest BCUT2D eigenvalue weighted by atomic mass is 28.4. The summed E-state index contributed by atoms with van der Waals surface area (Å²) in [5.74, 6) is 1.42. The third-order valence-corrected chi connectivity index (χ3v) is 15.9. The zero-order chi connectivity index (χ0) is 22.1. The minimum Gasteiger partial charge on any atom is -0.405 e. The third-order valence-electron chi connectivity index (χ3n) is 8.36. The lowest BCUT2D eigenvalue weighted by Crippen LogP contribution is -2.65. The highest BCUT2D eigenvalue weighted by Crippen LogP contribution is 2.66. The fraction of sp³-hybridized carbons (Fsp3) is 0.750. The predicted octanol–water partition coefficient (Wildman–Crippen LogP) is 6.43. The van der Waals surface area contributed by atoms with Crippen LogP contribution in [-0.2, 0) is 9.31 Å². The lowest BCUT2D eigenvalue weighted by atomic mass is 9.43. The fourth-order valence-corrected chi connectivity index (χ4v) is 17.7. The molecule has 0 radical (unpaired) electrons. The minimum absolute atomic E-state index is 0.101. The summed E-state index contributed by atoms with van der Waals surface area (Å²) in [6.45, 7) is 22.2. The smallest absolute Gasteiger partial charge is 0.405 e. The summed E-state index contributed by atoms with van der Waals surface area (Å²) >= 11 is 0. The van der Waals surface area contributed by atoms with Crippen molar-refractivity contribution in [3.05, 3.63) is 35.9 Å². The number of nitrogens with zero attached hydrogens (tertiary/aromatic N) is 1. The van der Waals surface area contributed by atoms with E-state index in [9.17, 15) is 0 Å². The highest BCUT2D eigenvalue weighted by Gasteiger charge is 2.68. The molecule has 166 valence electrons. The fourth-order valence-electron chi connectivity index (χ4n) is 7.24. The Labute approximate surface area is 187 Å². The van der Waals surface area contributed by atoms with Crippen LogP contribution >= 0.6 is 0 Å². The molecule has 5 rings (SSSR count). The van der Waals surface area contributed by atoms with Crippen molar-refractivity contribution in [3.63, 3.8) is 0 Å². The SMILES string of the molecule is CC1(C)C2CC3OB(CC(c4ccccc4)N([Si](C)(C)C)[Si](C)(C)C)OC3(C)C1C2. The quantitative estimate of drug-likeness (QED) is 0.473. The first kappa shape index (κ1) is 22.8. The van der Waals surface area contributed by atoms with Gasteiger partial charge in [-0.25, -0.2) is 0 Å². The zero-order valence-electron chi connectivity index (χ0n) is 20.7. The number of hydrogen-bond acceptors (Lipinski definition) is 3. The molecule has 1 aromatic rings. The first-order chi connectivity index (χ1) is 13.7. The number of benzene rings is 1. The summed E-state index contributed by atoms with van der Waals surface area (Å²) in [5.41, 5.74) is 1.69. The second-order valence-electron chi connectivity index (χ2n) is 12.8. The standard InChI is InChI=1S/C24H42BNO2Si2/c1-23(2)19-15-21(23)24(3)22(16-19)27-25(28-24)17-20(18-13-11-10-12-14-18)26(29(4,5)6)30(7,8)9/h10-14,19-22H,15-17H2,1-9H3. The first-order valence-electron chi connectivity index (χ1n) is 11.9. The Balaban J connectivity index is 1.62. The van der Waals surface area contributed by atoms with Gasteiger partial charge in [-0.05, 0) is 42.6 Å². The molecule has 5 atom stereocenters. The van der Waals surface area contributed by atoms with E-state index in [0.717, 1.165) is 18.7 Å². The predicted molar refractivity (Wildman–Crippen MR) is 133 cm³/mol. The molecule has 3 nitrogen and oxygen atoms in total. The zero-order valence-corrected chi connectivity index (χ0v) is 22.7. The topological polar surface area (TPSA) is 21.7 Å². The van der Waals surface area contributed by atoms with Crippen molar-refractivity contribution in [2.45, 2.75) is 97.0 Å². The van der Waals surface area contributed by atoms with E-state index in [1.165, 1.54) is 12.0 Å². The normalized spacial score (nSPS) is 33.9. The van der Waals surface area contributed by atoms with Gasteiger partial charge in [0.25, 0.3) is 0 Å². The van der Waals surface area contributed by atoms with E-state index in [1.807, 2.05) is 0 Å². The van der Waals surface area contributed by atoms with E-state index >= 15 is 0 Å². The molecule has 0 spiro atoms. The molecule has 1 aromatic carbocycles. The van der Waals surface area contributed by atoms with Crippen molar-refractivity contribution in [2.24, 2.45) is 17.3 Å². The third kappa shape index (κ3) is 3.70. The Kier molecular flexibility index (Phi) is 5.55. The summed E-state index contributed by atoms with van der Waals surface area (Å²) in [6, 6.07) is 11.5. The number of rotatable bonds is 6. The van der Waals surface area contributed by atoms with E-state index in [1.54, 1.807) is 0 Å². The Bertz CT molecular complexity index is 762. The number of hydrogen-bond donors (Lipinski definition) is 0. The van der Waals surface area contributed by atoms with E-state index < -0.39 is 16.5 Å². The average Bonchev–Trinajstić information content (AvgIpc) is 2.94. The molecule has 6 heteroatoms. The van der Waals surface area contributed by atoms with Crippen molar-refractivity contribution < 1.29 is 9.31 Å². The van der Waals surface area contributed by atoms with Gasteiger partial charge in [-0.1, -0.05) is 83.5 Å². The van der Waals surface area contributed by atoms with Crippen LogP contribution in [0.3, 0.4) is 0 Å². The Morgan fingerprint density at radius 1 is 1.00 bits per heavy atom. The maximum absolute atomic E-state index is 6.85. The van der Waals surface area contributed by atoms with Gasteiger partial charge >= 0.3 is 7.12 Å². The first-order valence-corrected chi connectivity index (χ1v) is 18.8. The molecule has 4 aliphatic rings. The van der Waals surface area contributed by atoms with Gasteiger partial charge in [0, 0.05) is 12.4 Å². The second-order valence-corrected chi connectivity index (χ2v) is 22.9. The largest absolute Gasteiger partial charge is 0.459 e. The van der Waals surface area contributed by atoms with Crippen molar-refractivity contribution in [2.75, 3.05) is 0 Å². The second kappa shape index (κ2) is 7.31. The lowest BCUT2D eigenvalue weighted by molar-refractivity contribution is -0.199. The average molecular weight is 444 g/mol. The van der Waals surface area contributed by atoms with Crippen molar-refractivity contribution in [3.8, 4) is 0 Å². The van der Waals surface area contributed by atoms with Crippen LogP contribution < -0.4 is 0 Å². The molecular formula is C24H42BNO2Si2. The van der Waals surface area contributed by atoms with E-state index in [0.29, 0.717) is 17.4 Å². The van der Waals surface area contributed by atoms with Gasteiger partial charge in [0.15, 0.2) is 0 Å². The van der Waals surface area contributed by atoms with Crippen LogP contribution in [0.5, 0.6) is 0 Å². The molecule has 0 aromatic heterocycles. The molecule has 2 bridgehead atoms. The molecule has 0 N–H and O–H groups in total. The Morgan fingerprint density at radius 2 is 1.60 bits per heavy atom. The van der Waals surface area contributed by atoms with E-state index in [-0.39, 0.29) is 18.8 Å². The molecule has 5 unspecified atom stereocenters. The molecular weight excluding hydrogens is 401 g/mol. The summed E-state index contributed by atoms with van der Waals surface area (Å²) in [7, 11) is -3.18. The maximum Gasteiger partial charge on any atom is 0.459 e. The van der Waals surface area contributed by atoms with Gasteiger partial charge in [-0.15, -0.1) is 0 Å². The molecule has 1 saturated heterocycles. The van der Waals surface area contributed by atoms with Gasteiger partial charge < -0.3 is 13.5 Å². The summed E-state index contributed by atoms with van der Waals surface area (Å²) in [5, 5.41) is 0. The Hall–Kier alpha value is -0.401. The van der Waals surface area contributed by atoms with Gasteiger partial charge in [-0.3, -0.25) is 0 Å². The van der Waals surface area contributed by atoms with E-state index in [4.69, 9.17) is 9.31 Å². The van der Waals surface area contributed by atoms with Gasteiger partial charge in [0.2, 0.25) is 0 Å². The lowest BCUT2D eigenvalue weighted by Gasteiger charge is -2.64. The van der Waals surface area contributed by atoms with Crippen LogP contribution in [0.15, 0.2) is 30.3 Å². The summed E-state index contributed by atoms with van der Waals surface area (Å²) in [4.78, 5) is 0. The molecule has 3 aliphatic carbocycles. The van der Waals surface area contributed by atoms with Crippen LogP contribution in [0.2, 0.25) is 45.6 Å². The van der Waals surface area contributed by atoms with Gasteiger partial charge in [-0.2, -0.15) is 0 Å². The minimum atomic E-state index is -1.54.